The van der Waals surface area contributed by atoms with Gasteiger partial charge in [0.05, 0.1) is 17.2 Å². The molecule has 1 fully saturated rings. The number of carboxylic acids is 1. The third-order valence-corrected chi connectivity index (χ3v) is 6.04. The largest absolute Gasteiger partial charge is 0.480 e. The van der Waals surface area contributed by atoms with Gasteiger partial charge in [0.15, 0.2) is 0 Å². The molecule has 0 spiro atoms. The van der Waals surface area contributed by atoms with Crippen LogP contribution in [0.2, 0.25) is 0 Å². The smallest absolute Gasteiger partial charge is 0.416 e. The molecule has 0 saturated carbocycles. The number of anilines is 2. The second kappa shape index (κ2) is 11.5. The highest BCUT2D eigenvalue weighted by atomic mass is 19.4. The molecule has 4 rings (SSSR count). The summed E-state index contributed by atoms with van der Waals surface area (Å²) in [6.45, 7) is 0.911. The number of carboxylic acid groups (broad SMARTS) is 1. The number of halogens is 4. The minimum Gasteiger partial charge on any atom is -0.480 e. The molecule has 1 aromatic heterocycles. The molecule has 8 nitrogen and oxygen atoms in total. The molecule has 3 aromatic rings. The molecule has 0 radical (unpaired) electrons. The van der Waals surface area contributed by atoms with E-state index in [0.717, 1.165) is 12.1 Å². The lowest BCUT2D eigenvalue weighted by molar-refractivity contribution is -0.144. The number of hydrogen-bond acceptors (Lipinski definition) is 6. The van der Waals surface area contributed by atoms with E-state index in [2.05, 4.69) is 20.3 Å². The lowest BCUT2D eigenvalue weighted by atomic mass is 10.1. The molecule has 0 amide bonds. The second-order valence-corrected chi connectivity index (χ2v) is 8.63. The van der Waals surface area contributed by atoms with Gasteiger partial charge in [-0.25, -0.2) is 19.2 Å². The molecule has 38 heavy (non-hydrogen) atoms. The first kappa shape index (κ1) is 27.0. The van der Waals surface area contributed by atoms with Crippen LogP contribution in [0.5, 0.6) is 0 Å². The van der Waals surface area contributed by atoms with Crippen LogP contribution >= 0.6 is 0 Å². The number of ether oxygens (including phenoxy) is 1. The average molecular weight is 532 g/mol. The van der Waals surface area contributed by atoms with Gasteiger partial charge in [-0.2, -0.15) is 13.2 Å². The molecule has 2 heterocycles. The number of hydrogen-bond donors (Lipinski definition) is 2. The van der Waals surface area contributed by atoms with Crippen LogP contribution in [0.25, 0.3) is 11.1 Å². The van der Waals surface area contributed by atoms with E-state index in [4.69, 9.17) is 9.84 Å². The number of nitrogens with one attached hydrogen (secondary N) is 1. The normalized spacial score (nSPS) is 15.0. The quantitative estimate of drug-likeness (QED) is 0.255. The van der Waals surface area contributed by atoms with E-state index < -0.39 is 23.5 Å². The van der Waals surface area contributed by atoms with E-state index in [1.54, 1.807) is 18.5 Å². The van der Waals surface area contributed by atoms with Crippen molar-refractivity contribution in [2.24, 2.45) is 4.99 Å². The Labute approximate surface area is 216 Å². The minimum atomic E-state index is -4.50. The summed E-state index contributed by atoms with van der Waals surface area (Å²) in [6.07, 6.45) is -0.151. The Hall–Kier alpha value is -4.06. The topological polar surface area (TPSA) is 99.9 Å². The Balaban J connectivity index is 1.43. The number of piperidine rings is 1. The van der Waals surface area contributed by atoms with Crippen molar-refractivity contribution in [1.82, 2.24) is 9.97 Å². The highest BCUT2D eigenvalue weighted by molar-refractivity contribution is 6.08. The van der Waals surface area contributed by atoms with E-state index in [1.807, 2.05) is 4.90 Å². The molecule has 0 unspecified atom stereocenters. The fraction of sp³-hybridized carbons (Fsp3) is 0.308. The summed E-state index contributed by atoms with van der Waals surface area (Å²) in [5.74, 6) is -1.03. The molecule has 0 aliphatic carbocycles. The van der Waals surface area contributed by atoms with E-state index in [0.29, 0.717) is 43.0 Å². The molecule has 12 heteroatoms. The summed E-state index contributed by atoms with van der Waals surface area (Å²) in [6, 6.07) is 9.02. The molecule has 200 valence electrons. The summed E-state index contributed by atoms with van der Waals surface area (Å²) >= 11 is 0. The van der Waals surface area contributed by atoms with Gasteiger partial charge < -0.3 is 20.1 Å². The van der Waals surface area contributed by atoms with Gasteiger partial charge in [0.25, 0.3) is 0 Å². The standard InChI is InChI=1S/C26H25F4N5O3/c1-31-24(34-19-4-2-3-18(12-19)26(28,29)30)21-6-5-16(11-22(21)27)17-13-32-25(33-14-17)35-9-7-20(8-10-35)38-15-23(36)37/h2-6,11-14,20H,7-10,15H2,1H3,(H,31,34)(H,36,37). The molecule has 2 aromatic carbocycles. The number of nitrogens with zero attached hydrogens (tertiary/aromatic N) is 4. The van der Waals surface area contributed by atoms with E-state index in [-0.39, 0.29) is 29.8 Å². The van der Waals surface area contributed by atoms with E-state index in [9.17, 15) is 18.0 Å². The SMILES string of the molecule is CN=C(Nc1cccc(C(F)(F)F)c1)c1ccc(-c2cnc(N3CCC(OCC(=O)O)CC3)nc2)cc1F. The number of aliphatic imine (C=N–C) groups is 1. The first-order chi connectivity index (χ1) is 18.1. The van der Waals surface area contributed by atoms with Crippen molar-refractivity contribution >= 4 is 23.4 Å². The predicted molar refractivity (Wildman–Crippen MR) is 134 cm³/mol. The number of aromatic nitrogens is 2. The summed E-state index contributed by atoms with van der Waals surface area (Å²) in [5, 5.41) is 11.5. The molecule has 1 aliphatic rings. The third kappa shape index (κ3) is 6.62. The number of amidine groups is 1. The monoisotopic (exact) mass is 531 g/mol. The molecule has 1 saturated heterocycles. The Bertz CT molecular complexity index is 1310. The van der Waals surface area contributed by atoms with Crippen molar-refractivity contribution in [3.63, 3.8) is 0 Å². The Morgan fingerprint density at radius 1 is 1.13 bits per heavy atom. The van der Waals surface area contributed by atoms with Crippen molar-refractivity contribution < 1.29 is 32.2 Å². The van der Waals surface area contributed by atoms with Crippen LogP contribution in [-0.4, -0.2) is 59.7 Å². The molecule has 0 atom stereocenters. The van der Waals surface area contributed by atoms with Crippen molar-refractivity contribution in [2.75, 3.05) is 37.0 Å². The summed E-state index contributed by atoms with van der Waals surface area (Å²) in [5.41, 5.74) is 0.505. The lowest BCUT2D eigenvalue weighted by Gasteiger charge is -2.31. The van der Waals surface area contributed by atoms with Crippen LogP contribution in [0.15, 0.2) is 59.9 Å². The number of benzene rings is 2. The maximum atomic E-state index is 15.1. The van der Waals surface area contributed by atoms with Crippen LogP contribution in [0.3, 0.4) is 0 Å². The van der Waals surface area contributed by atoms with Gasteiger partial charge in [-0.3, -0.25) is 4.99 Å². The zero-order valence-electron chi connectivity index (χ0n) is 20.4. The van der Waals surface area contributed by atoms with Gasteiger partial charge in [0.2, 0.25) is 5.95 Å². The molecule has 0 bridgehead atoms. The fourth-order valence-corrected chi connectivity index (χ4v) is 4.09. The van der Waals surface area contributed by atoms with Crippen LogP contribution < -0.4 is 10.2 Å². The zero-order valence-corrected chi connectivity index (χ0v) is 20.4. The van der Waals surface area contributed by atoms with E-state index in [1.165, 1.54) is 31.3 Å². The van der Waals surface area contributed by atoms with Crippen LogP contribution in [0.1, 0.15) is 24.0 Å². The molecule has 1 aliphatic heterocycles. The van der Waals surface area contributed by atoms with Crippen LogP contribution in [0, 0.1) is 5.82 Å². The summed E-state index contributed by atoms with van der Waals surface area (Å²) in [7, 11) is 1.41. The minimum absolute atomic E-state index is 0.0794. The van der Waals surface area contributed by atoms with Crippen LogP contribution in [0.4, 0.5) is 29.2 Å². The Morgan fingerprint density at radius 3 is 2.45 bits per heavy atom. The van der Waals surface area contributed by atoms with Gasteiger partial charge in [0.1, 0.15) is 18.3 Å². The highest BCUT2D eigenvalue weighted by Crippen LogP contribution is 2.31. The fourth-order valence-electron chi connectivity index (χ4n) is 4.09. The summed E-state index contributed by atoms with van der Waals surface area (Å²) < 4.78 is 59.5. The lowest BCUT2D eigenvalue weighted by Crippen LogP contribution is -2.38. The number of rotatable bonds is 7. The number of carbonyl (C=O) groups is 1. The first-order valence-corrected chi connectivity index (χ1v) is 11.8. The molecular formula is C26H25F4N5O3. The van der Waals surface area contributed by atoms with Gasteiger partial charge >= 0.3 is 12.1 Å². The van der Waals surface area contributed by atoms with Crippen LogP contribution in [-0.2, 0) is 15.7 Å². The van der Waals surface area contributed by atoms with Gasteiger partial charge in [-0.15, -0.1) is 0 Å². The van der Waals surface area contributed by atoms with Gasteiger partial charge in [-0.1, -0.05) is 12.1 Å². The van der Waals surface area contributed by atoms with Gasteiger partial charge in [-0.05, 0) is 48.7 Å². The average Bonchev–Trinajstić information content (AvgIpc) is 2.91. The second-order valence-electron chi connectivity index (χ2n) is 8.63. The van der Waals surface area contributed by atoms with Crippen molar-refractivity contribution in [3.8, 4) is 11.1 Å². The molecular weight excluding hydrogens is 506 g/mol. The van der Waals surface area contributed by atoms with Crippen molar-refractivity contribution in [3.05, 3.63) is 71.8 Å². The van der Waals surface area contributed by atoms with Gasteiger partial charge in [0, 0.05) is 43.8 Å². The number of alkyl halides is 3. The Kier molecular flexibility index (Phi) is 8.20. The zero-order chi connectivity index (χ0) is 27.3. The Morgan fingerprint density at radius 2 is 1.84 bits per heavy atom. The third-order valence-electron chi connectivity index (χ3n) is 6.04. The predicted octanol–water partition coefficient (Wildman–Crippen LogP) is 4.86. The maximum absolute atomic E-state index is 15.1. The molecule has 2 N–H and O–H groups in total. The first-order valence-electron chi connectivity index (χ1n) is 11.8. The number of aliphatic carboxylic acids is 1. The van der Waals surface area contributed by atoms with E-state index >= 15 is 4.39 Å². The van der Waals surface area contributed by atoms with Crippen molar-refractivity contribution in [2.45, 2.75) is 25.1 Å². The maximum Gasteiger partial charge on any atom is 0.416 e. The summed E-state index contributed by atoms with van der Waals surface area (Å²) in [4.78, 5) is 25.4. The van der Waals surface area contributed by atoms with Crippen molar-refractivity contribution in [1.29, 1.82) is 0 Å². The highest BCUT2D eigenvalue weighted by Gasteiger charge is 2.30.